The normalized spacial score (nSPS) is 13.5. The second-order valence-corrected chi connectivity index (χ2v) is 5.30. The monoisotopic (exact) mass is 257 g/mol. The zero-order valence-corrected chi connectivity index (χ0v) is 11.9. The number of esters is 1. The van der Waals surface area contributed by atoms with Gasteiger partial charge in [0, 0.05) is 6.08 Å². The molecule has 0 heterocycles. The molecule has 104 valence electrons. The van der Waals surface area contributed by atoms with E-state index >= 15 is 0 Å². The minimum Gasteiger partial charge on any atom is -0.466 e. The molecule has 0 aliphatic heterocycles. The lowest BCUT2D eigenvalue weighted by Gasteiger charge is -2.23. The highest BCUT2D eigenvalue weighted by molar-refractivity contribution is 5.82. The largest absolute Gasteiger partial charge is 0.466 e. The first-order chi connectivity index (χ1) is 8.15. The third-order valence-electron chi connectivity index (χ3n) is 2.04. The van der Waals surface area contributed by atoms with Crippen molar-refractivity contribution in [2.75, 3.05) is 7.11 Å². The Balaban J connectivity index is 4.50. The molecule has 0 aliphatic rings. The van der Waals surface area contributed by atoms with Crippen molar-refractivity contribution in [3.05, 3.63) is 12.2 Å². The fourth-order valence-corrected chi connectivity index (χ4v) is 1.13. The lowest BCUT2D eigenvalue weighted by Crippen LogP contribution is -2.40. The molecule has 1 amide bonds. The number of methoxy groups -OCH3 is 1. The maximum Gasteiger partial charge on any atom is 0.408 e. The van der Waals surface area contributed by atoms with E-state index in [1.165, 1.54) is 13.2 Å². The fourth-order valence-electron chi connectivity index (χ4n) is 1.13. The van der Waals surface area contributed by atoms with Gasteiger partial charge in [0.05, 0.1) is 13.2 Å². The summed E-state index contributed by atoms with van der Waals surface area (Å²) in [6, 6.07) is -0.279. The average molecular weight is 257 g/mol. The molecule has 5 heteroatoms. The summed E-state index contributed by atoms with van der Waals surface area (Å²) in [7, 11) is 1.30. The quantitative estimate of drug-likeness (QED) is 0.620. The number of nitrogens with one attached hydrogen (secondary N) is 1. The van der Waals surface area contributed by atoms with E-state index in [4.69, 9.17) is 4.74 Å². The molecule has 0 aromatic rings. The van der Waals surface area contributed by atoms with E-state index in [1.54, 1.807) is 26.8 Å². The molecule has 0 bridgehead atoms. The zero-order chi connectivity index (χ0) is 14.3. The van der Waals surface area contributed by atoms with Gasteiger partial charge in [0.1, 0.15) is 5.60 Å². The van der Waals surface area contributed by atoms with Crippen molar-refractivity contribution in [1.29, 1.82) is 0 Å². The predicted octanol–water partition coefficient (Wildman–Crippen LogP) is 2.26. The van der Waals surface area contributed by atoms with Gasteiger partial charge >= 0.3 is 12.1 Å². The van der Waals surface area contributed by atoms with E-state index in [1.807, 2.05) is 13.8 Å². The van der Waals surface area contributed by atoms with Gasteiger partial charge in [0.25, 0.3) is 0 Å². The Labute approximate surface area is 109 Å². The first-order valence-corrected chi connectivity index (χ1v) is 5.91. The van der Waals surface area contributed by atoms with Gasteiger partial charge < -0.3 is 14.8 Å². The summed E-state index contributed by atoms with van der Waals surface area (Å²) in [6.45, 7) is 9.25. The zero-order valence-electron chi connectivity index (χ0n) is 11.9. The van der Waals surface area contributed by atoms with Gasteiger partial charge in [-0.1, -0.05) is 19.9 Å². The van der Waals surface area contributed by atoms with Gasteiger partial charge in [-0.25, -0.2) is 9.59 Å². The minimum atomic E-state index is -0.544. The van der Waals surface area contributed by atoms with Crippen LogP contribution in [0, 0.1) is 5.92 Å². The summed E-state index contributed by atoms with van der Waals surface area (Å²) >= 11 is 0. The van der Waals surface area contributed by atoms with Crippen LogP contribution in [-0.2, 0) is 14.3 Å². The van der Waals surface area contributed by atoms with Crippen LogP contribution in [0.3, 0.4) is 0 Å². The van der Waals surface area contributed by atoms with Crippen LogP contribution in [0.15, 0.2) is 12.2 Å². The summed E-state index contributed by atoms with van der Waals surface area (Å²) in [4.78, 5) is 22.6. The van der Waals surface area contributed by atoms with Crippen LogP contribution < -0.4 is 5.32 Å². The molecule has 0 radical (unpaired) electrons. The van der Waals surface area contributed by atoms with E-state index in [0.717, 1.165) is 0 Å². The number of hydrogen-bond donors (Lipinski definition) is 1. The van der Waals surface area contributed by atoms with Crippen molar-refractivity contribution >= 4 is 12.1 Å². The van der Waals surface area contributed by atoms with Gasteiger partial charge in [-0.3, -0.25) is 0 Å². The summed E-state index contributed by atoms with van der Waals surface area (Å²) < 4.78 is 9.65. The third kappa shape index (κ3) is 7.70. The van der Waals surface area contributed by atoms with Crippen molar-refractivity contribution < 1.29 is 19.1 Å². The Morgan fingerprint density at radius 1 is 1.22 bits per heavy atom. The van der Waals surface area contributed by atoms with Crippen LogP contribution >= 0.6 is 0 Å². The molecule has 0 fully saturated rings. The van der Waals surface area contributed by atoms with Gasteiger partial charge in [-0.15, -0.1) is 0 Å². The van der Waals surface area contributed by atoms with Crippen molar-refractivity contribution in [3.8, 4) is 0 Å². The number of ether oxygens (including phenoxy) is 2. The SMILES string of the molecule is COC(=O)C=CC(NC(=O)OC(C)(C)C)C(C)C. The molecular formula is C13H23NO4. The van der Waals surface area contributed by atoms with Gasteiger partial charge in [0.15, 0.2) is 0 Å². The maximum absolute atomic E-state index is 11.6. The number of carbonyl (C=O) groups excluding carboxylic acids is 2. The molecule has 0 saturated carbocycles. The van der Waals surface area contributed by atoms with Crippen LogP contribution in [0.1, 0.15) is 34.6 Å². The van der Waals surface area contributed by atoms with Gasteiger partial charge in [0.2, 0.25) is 0 Å². The maximum atomic E-state index is 11.6. The molecule has 1 N–H and O–H groups in total. The van der Waals surface area contributed by atoms with E-state index in [0.29, 0.717) is 0 Å². The van der Waals surface area contributed by atoms with Crippen molar-refractivity contribution in [3.63, 3.8) is 0 Å². The Bertz CT molecular complexity index is 315. The third-order valence-corrected chi connectivity index (χ3v) is 2.04. The average Bonchev–Trinajstić information content (AvgIpc) is 2.20. The molecule has 0 aromatic carbocycles. The Morgan fingerprint density at radius 2 is 1.78 bits per heavy atom. The Morgan fingerprint density at radius 3 is 2.17 bits per heavy atom. The lowest BCUT2D eigenvalue weighted by molar-refractivity contribution is -0.134. The van der Waals surface area contributed by atoms with Crippen LogP contribution in [0.5, 0.6) is 0 Å². The number of amides is 1. The second kappa shape index (κ2) is 7.03. The van der Waals surface area contributed by atoms with Gasteiger partial charge in [-0.2, -0.15) is 0 Å². The molecule has 5 nitrogen and oxygen atoms in total. The number of carbonyl (C=O) groups is 2. The smallest absolute Gasteiger partial charge is 0.408 e. The van der Waals surface area contributed by atoms with Crippen molar-refractivity contribution in [2.45, 2.75) is 46.3 Å². The first kappa shape index (κ1) is 16.5. The molecule has 0 saturated heterocycles. The lowest BCUT2D eigenvalue weighted by atomic mass is 10.0. The molecular weight excluding hydrogens is 234 g/mol. The van der Waals surface area contributed by atoms with E-state index in [2.05, 4.69) is 10.1 Å². The van der Waals surface area contributed by atoms with Crippen molar-refractivity contribution in [1.82, 2.24) is 5.32 Å². The highest BCUT2D eigenvalue weighted by Crippen LogP contribution is 2.09. The Hall–Kier alpha value is -1.52. The van der Waals surface area contributed by atoms with Crippen LogP contribution in [0.4, 0.5) is 4.79 Å². The van der Waals surface area contributed by atoms with Crippen LogP contribution in [0.2, 0.25) is 0 Å². The molecule has 18 heavy (non-hydrogen) atoms. The minimum absolute atomic E-state index is 0.137. The van der Waals surface area contributed by atoms with E-state index in [9.17, 15) is 9.59 Å². The van der Waals surface area contributed by atoms with E-state index < -0.39 is 17.7 Å². The molecule has 0 spiro atoms. The second-order valence-electron chi connectivity index (χ2n) is 5.30. The highest BCUT2D eigenvalue weighted by atomic mass is 16.6. The number of hydrogen-bond acceptors (Lipinski definition) is 4. The van der Waals surface area contributed by atoms with Crippen molar-refractivity contribution in [2.24, 2.45) is 5.92 Å². The molecule has 0 aliphatic carbocycles. The van der Waals surface area contributed by atoms with E-state index in [-0.39, 0.29) is 12.0 Å². The number of rotatable bonds is 4. The molecule has 1 unspecified atom stereocenters. The van der Waals surface area contributed by atoms with Crippen LogP contribution in [-0.4, -0.2) is 30.8 Å². The fraction of sp³-hybridized carbons (Fsp3) is 0.692. The number of alkyl carbamates (subject to hydrolysis) is 1. The summed E-state index contributed by atoms with van der Waals surface area (Å²) in [5, 5.41) is 2.70. The van der Waals surface area contributed by atoms with Crippen LogP contribution in [0.25, 0.3) is 0 Å². The molecule has 0 aromatic heterocycles. The molecule has 0 rings (SSSR count). The standard InChI is InChI=1S/C13H23NO4/c1-9(2)10(7-8-11(15)17-6)14-12(16)18-13(3,4)5/h7-10H,1-6H3,(H,14,16). The first-order valence-electron chi connectivity index (χ1n) is 5.91. The highest BCUT2D eigenvalue weighted by Gasteiger charge is 2.19. The Kier molecular flexibility index (Phi) is 6.44. The summed E-state index contributed by atoms with van der Waals surface area (Å²) in [5.41, 5.74) is -0.544. The molecule has 1 atom stereocenters. The van der Waals surface area contributed by atoms with Gasteiger partial charge in [-0.05, 0) is 26.7 Å². The topological polar surface area (TPSA) is 64.6 Å². The summed E-state index contributed by atoms with van der Waals surface area (Å²) in [5.74, 6) is -0.315. The predicted molar refractivity (Wildman–Crippen MR) is 69.2 cm³/mol. The summed E-state index contributed by atoms with van der Waals surface area (Å²) in [6.07, 6.45) is 2.39.